The van der Waals surface area contributed by atoms with Gasteiger partial charge in [-0.1, -0.05) is 12.1 Å². The predicted octanol–water partition coefficient (Wildman–Crippen LogP) is 5.30. The van der Waals surface area contributed by atoms with E-state index in [9.17, 15) is 9.18 Å². The maximum absolute atomic E-state index is 13.1. The van der Waals surface area contributed by atoms with E-state index >= 15 is 0 Å². The third kappa shape index (κ3) is 4.71. The fourth-order valence-electron chi connectivity index (χ4n) is 2.76. The van der Waals surface area contributed by atoms with Gasteiger partial charge in [0.2, 0.25) is 0 Å². The second-order valence-electron chi connectivity index (χ2n) is 6.20. The Balaban J connectivity index is 1.51. The van der Waals surface area contributed by atoms with Gasteiger partial charge in [0.1, 0.15) is 24.1 Å². The molecule has 29 heavy (non-hydrogen) atoms. The first kappa shape index (κ1) is 19.7. The van der Waals surface area contributed by atoms with Crippen molar-refractivity contribution in [2.75, 3.05) is 18.5 Å². The van der Waals surface area contributed by atoms with Crippen LogP contribution in [0.3, 0.4) is 0 Å². The Kier molecular flexibility index (Phi) is 6.01. The monoisotopic (exact) mass is 474 g/mol. The Bertz CT molecular complexity index is 1050. The molecular formula is C21H16BrFN2O3S. The van der Waals surface area contributed by atoms with E-state index in [0.717, 1.165) is 5.56 Å². The van der Waals surface area contributed by atoms with Crippen LogP contribution in [0.15, 0.2) is 64.2 Å². The normalized spacial score (nSPS) is 12.5. The SMILES string of the molecule is O=C(Nc1cc2c(cc1Br)OCCO2)c1cccnc1SCc1ccc(F)cc1. The maximum atomic E-state index is 13.1. The second-order valence-corrected chi connectivity index (χ2v) is 8.02. The van der Waals surface area contributed by atoms with Crippen molar-refractivity contribution in [3.63, 3.8) is 0 Å². The molecule has 148 valence electrons. The Morgan fingerprint density at radius 2 is 1.86 bits per heavy atom. The summed E-state index contributed by atoms with van der Waals surface area (Å²) in [6.45, 7) is 0.963. The van der Waals surface area contributed by atoms with Gasteiger partial charge in [-0.15, -0.1) is 11.8 Å². The van der Waals surface area contributed by atoms with Gasteiger partial charge < -0.3 is 14.8 Å². The fourth-order valence-corrected chi connectivity index (χ4v) is 4.13. The van der Waals surface area contributed by atoms with Gasteiger partial charge in [0.25, 0.3) is 5.91 Å². The Morgan fingerprint density at radius 1 is 1.14 bits per heavy atom. The molecule has 1 aliphatic rings. The van der Waals surface area contributed by atoms with Crippen LogP contribution in [0.1, 0.15) is 15.9 Å². The summed E-state index contributed by atoms with van der Waals surface area (Å²) < 4.78 is 24.9. The number of amides is 1. The van der Waals surface area contributed by atoms with E-state index in [4.69, 9.17) is 9.47 Å². The number of aromatic nitrogens is 1. The molecule has 1 amide bonds. The fraction of sp³-hybridized carbons (Fsp3) is 0.143. The molecule has 0 radical (unpaired) electrons. The number of hydrogen-bond donors (Lipinski definition) is 1. The summed E-state index contributed by atoms with van der Waals surface area (Å²) in [5, 5.41) is 3.50. The van der Waals surface area contributed by atoms with Gasteiger partial charge in [-0.2, -0.15) is 0 Å². The molecule has 2 heterocycles. The van der Waals surface area contributed by atoms with Gasteiger partial charge in [0.05, 0.1) is 11.3 Å². The molecule has 1 N–H and O–H groups in total. The Hall–Kier alpha value is -2.58. The van der Waals surface area contributed by atoms with E-state index in [1.807, 2.05) is 0 Å². The number of halogens is 2. The molecule has 8 heteroatoms. The number of rotatable bonds is 5. The largest absolute Gasteiger partial charge is 0.486 e. The lowest BCUT2D eigenvalue weighted by Gasteiger charge is -2.20. The number of hydrogen-bond acceptors (Lipinski definition) is 5. The molecule has 0 unspecified atom stereocenters. The molecule has 0 bridgehead atoms. The highest BCUT2D eigenvalue weighted by molar-refractivity contribution is 9.10. The van der Waals surface area contributed by atoms with Gasteiger partial charge in [-0.3, -0.25) is 4.79 Å². The van der Waals surface area contributed by atoms with E-state index in [2.05, 4.69) is 26.2 Å². The van der Waals surface area contributed by atoms with Gasteiger partial charge in [-0.05, 0) is 45.8 Å². The third-order valence-electron chi connectivity index (χ3n) is 4.18. The van der Waals surface area contributed by atoms with Crippen LogP contribution in [0.25, 0.3) is 0 Å². The number of thioether (sulfide) groups is 1. The average molecular weight is 475 g/mol. The summed E-state index contributed by atoms with van der Waals surface area (Å²) in [5.41, 5.74) is 1.99. The van der Waals surface area contributed by atoms with E-state index in [1.54, 1.807) is 42.6 Å². The number of ether oxygens (including phenoxy) is 2. The van der Waals surface area contributed by atoms with Crippen molar-refractivity contribution >= 4 is 39.3 Å². The standard InChI is InChI=1S/C21H16BrFN2O3S/c22-16-10-18-19(28-9-8-27-18)11-17(16)25-20(26)15-2-1-7-24-21(15)29-12-13-3-5-14(23)6-4-13/h1-7,10-11H,8-9,12H2,(H,25,26). The van der Waals surface area contributed by atoms with E-state index in [1.165, 1.54) is 23.9 Å². The van der Waals surface area contributed by atoms with Crippen molar-refractivity contribution in [2.45, 2.75) is 10.8 Å². The van der Waals surface area contributed by atoms with Crippen LogP contribution in [-0.4, -0.2) is 24.1 Å². The number of benzene rings is 2. The molecule has 0 saturated carbocycles. The van der Waals surface area contributed by atoms with Gasteiger partial charge >= 0.3 is 0 Å². The quantitative estimate of drug-likeness (QED) is 0.508. The third-order valence-corrected chi connectivity index (χ3v) is 5.92. The van der Waals surface area contributed by atoms with E-state index in [0.29, 0.717) is 51.2 Å². The van der Waals surface area contributed by atoms with Crippen molar-refractivity contribution in [1.82, 2.24) is 4.98 Å². The summed E-state index contributed by atoms with van der Waals surface area (Å²) >= 11 is 4.88. The highest BCUT2D eigenvalue weighted by atomic mass is 79.9. The second kappa shape index (κ2) is 8.84. The lowest BCUT2D eigenvalue weighted by atomic mass is 10.2. The lowest BCUT2D eigenvalue weighted by Crippen LogP contribution is -2.17. The molecule has 0 atom stereocenters. The first-order valence-corrected chi connectivity index (χ1v) is 10.6. The van der Waals surface area contributed by atoms with Crippen molar-refractivity contribution in [3.8, 4) is 11.5 Å². The van der Waals surface area contributed by atoms with Gasteiger partial charge in [0, 0.05) is 28.6 Å². The molecule has 2 aromatic carbocycles. The number of anilines is 1. The lowest BCUT2D eigenvalue weighted by molar-refractivity contribution is 0.102. The minimum absolute atomic E-state index is 0.276. The number of fused-ring (bicyclic) bond motifs is 1. The molecule has 3 aromatic rings. The average Bonchev–Trinajstić information content (AvgIpc) is 2.74. The zero-order valence-electron chi connectivity index (χ0n) is 15.2. The summed E-state index contributed by atoms with van der Waals surface area (Å²) in [7, 11) is 0. The number of carbonyl (C=O) groups excluding carboxylic acids is 1. The minimum Gasteiger partial charge on any atom is -0.486 e. The summed E-state index contributed by atoms with van der Waals surface area (Å²) in [6.07, 6.45) is 1.64. The molecule has 5 nitrogen and oxygen atoms in total. The number of carbonyl (C=O) groups is 1. The smallest absolute Gasteiger partial charge is 0.258 e. The van der Waals surface area contributed by atoms with Gasteiger partial charge in [0.15, 0.2) is 11.5 Å². The molecule has 1 aliphatic heterocycles. The summed E-state index contributed by atoms with van der Waals surface area (Å²) in [4.78, 5) is 17.2. The van der Waals surface area contributed by atoms with Crippen molar-refractivity contribution in [1.29, 1.82) is 0 Å². The molecule has 1 aromatic heterocycles. The Morgan fingerprint density at radius 3 is 2.62 bits per heavy atom. The minimum atomic E-state index is -0.280. The van der Waals surface area contributed by atoms with Crippen molar-refractivity contribution in [2.24, 2.45) is 0 Å². The molecule has 0 aliphatic carbocycles. The van der Waals surface area contributed by atoms with E-state index in [-0.39, 0.29) is 11.7 Å². The summed E-state index contributed by atoms with van der Waals surface area (Å²) in [5.74, 6) is 1.24. The van der Waals surface area contributed by atoms with Crippen LogP contribution >= 0.6 is 27.7 Å². The Labute approximate surface area is 179 Å². The van der Waals surface area contributed by atoms with Gasteiger partial charge in [-0.25, -0.2) is 9.37 Å². The van der Waals surface area contributed by atoms with Crippen LogP contribution in [0.5, 0.6) is 11.5 Å². The zero-order chi connectivity index (χ0) is 20.2. The van der Waals surface area contributed by atoms with Crippen LogP contribution in [0, 0.1) is 5.82 Å². The van der Waals surface area contributed by atoms with Crippen LogP contribution in [-0.2, 0) is 5.75 Å². The highest BCUT2D eigenvalue weighted by Gasteiger charge is 2.18. The number of nitrogens with one attached hydrogen (secondary N) is 1. The first-order chi connectivity index (χ1) is 14.1. The van der Waals surface area contributed by atoms with Crippen LogP contribution in [0.2, 0.25) is 0 Å². The number of pyridine rings is 1. The predicted molar refractivity (Wildman–Crippen MR) is 113 cm³/mol. The van der Waals surface area contributed by atoms with Crippen LogP contribution < -0.4 is 14.8 Å². The molecule has 4 rings (SSSR count). The topological polar surface area (TPSA) is 60.5 Å². The zero-order valence-corrected chi connectivity index (χ0v) is 17.6. The molecule has 0 saturated heterocycles. The maximum Gasteiger partial charge on any atom is 0.258 e. The first-order valence-electron chi connectivity index (χ1n) is 8.83. The van der Waals surface area contributed by atoms with Crippen LogP contribution in [0.4, 0.5) is 10.1 Å². The molecule has 0 spiro atoms. The number of nitrogens with zero attached hydrogens (tertiary/aromatic N) is 1. The molecular weight excluding hydrogens is 459 g/mol. The highest BCUT2D eigenvalue weighted by Crippen LogP contribution is 2.38. The summed E-state index contributed by atoms with van der Waals surface area (Å²) in [6, 6.07) is 13.2. The molecule has 0 fully saturated rings. The van der Waals surface area contributed by atoms with E-state index < -0.39 is 0 Å². The van der Waals surface area contributed by atoms with Crippen molar-refractivity contribution in [3.05, 3.63) is 76.1 Å². The van der Waals surface area contributed by atoms with Crippen molar-refractivity contribution < 1.29 is 18.7 Å².